The fourth-order valence-electron chi connectivity index (χ4n) is 2.13. The highest BCUT2D eigenvalue weighted by Crippen LogP contribution is 2.09. The van der Waals surface area contributed by atoms with E-state index < -0.39 is 0 Å². The Bertz CT molecular complexity index is 376. The van der Waals surface area contributed by atoms with Gasteiger partial charge in [0.1, 0.15) is 11.6 Å². The Morgan fingerprint density at radius 1 is 1.19 bits per heavy atom. The largest absolute Gasteiger partial charge is 0.383 e. The van der Waals surface area contributed by atoms with Crippen LogP contribution in [0.1, 0.15) is 46.0 Å². The van der Waals surface area contributed by atoms with Crippen molar-refractivity contribution in [3.63, 3.8) is 0 Å². The number of hydrogen-bond acceptors (Lipinski definition) is 5. The minimum absolute atomic E-state index is 0.217. The predicted octanol–water partition coefficient (Wildman–Crippen LogP) is 1.22. The molecular weight excluding hydrogens is 264 g/mol. The van der Waals surface area contributed by atoms with Crippen molar-refractivity contribution in [2.75, 3.05) is 36.4 Å². The third-order valence-electron chi connectivity index (χ3n) is 3.67. The van der Waals surface area contributed by atoms with Crippen molar-refractivity contribution in [1.29, 1.82) is 0 Å². The number of hydrogen-bond donors (Lipinski definition) is 4. The van der Waals surface area contributed by atoms with Crippen LogP contribution in [0.5, 0.6) is 0 Å². The van der Waals surface area contributed by atoms with Crippen molar-refractivity contribution < 1.29 is 5.32 Å². The number of unbranched alkanes of at least 4 members (excludes halogenated alkanes) is 3. The average molecular weight is 295 g/mol. The molecule has 0 aliphatic carbocycles. The summed E-state index contributed by atoms with van der Waals surface area (Å²) in [6.07, 6.45) is 6.23. The second-order valence-corrected chi connectivity index (χ2v) is 5.70. The van der Waals surface area contributed by atoms with Gasteiger partial charge in [0.15, 0.2) is 0 Å². The number of nitrogens with one attached hydrogen (secondary N) is 1. The van der Waals surface area contributed by atoms with Gasteiger partial charge in [-0.05, 0) is 25.7 Å². The molecule has 0 radical (unpaired) electrons. The van der Waals surface area contributed by atoms with Gasteiger partial charge in [-0.2, -0.15) is 9.97 Å². The van der Waals surface area contributed by atoms with Crippen molar-refractivity contribution in [2.24, 2.45) is 5.92 Å². The van der Waals surface area contributed by atoms with Gasteiger partial charge in [-0.1, -0.05) is 20.3 Å². The quantitative estimate of drug-likeness (QED) is 0.459. The minimum Gasteiger partial charge on any atom is -0.383 e. The number of nitrogen functional groups attached to an aromatic ring is 2. The zero-order chi connectivity index (χ0) is 15.5. The predicted molar refractivity (Wildman–Crippen MR) is 88.9 cm³/mol. The standard InChI is InChI=1S/C15H30N6/c1-3-12(2)11-18-8-6-4-5-7-9-19-14-10-13(16)20-15(17)21-14/h10,12,18H,3-9,11H2,1-2H3,(H5,16,17,19,20,21)/p+1. The van der Waals surface area contributed by atoms with Crippen LogP contribution in [-0.2, 0) is 0 Å². The molecule has 1 aromatic heterocycles. The van der Waals surface area contributed by atoms with E-state index in [0.29, 0.717) is 11.6 Å². The molecule has 1 rings (SSSR count). The van der Waals surface area contributed by atoms with E-state index in [9.17, 15) is 0 Å². The first-order chi connectivity index (χ1) is 10.1. The Labute approximate surface area is 128 Å². The lowest BCUT2D eigenvalue weighted by Gasteiger charge is -2.08. The molecule has 0 spiro atoms. The fraction of sp³-hybridized carbons (Fsp3) is 0.733. The Morgan fingerprint density at radius 2 is 1.95 bits per heavy atom. The lowest BCUT2D eigenvalue weighted by molar-refractivity contribution is -0.660. The molecule has 6 heteroatoms. The molecule has 0 saturated carbocycles. The van der Waals surface area contributed by atoms with Gasteiger partial charge in [0.05, 0.1) is 13.1 Å². The van der Waals surface area contributed by atoms with Crippen LogP contribution in [0.3, 0.4) is 0 Å². The van der Waals surface area contributed by atoms with E-state index in [1.54, 1.807) is 6.07 Å². The zero-order valence-corrected chi connectivity index (χ0v) is 13.4. The SMILES string of the molecule is CCC(C)C[NH2+]CCCCCCNc1cc(N)nc(N)n1. The molecule has 1 aromatic rings. The summed E-state index contributed by atoms with van der Waals surface area (Å²) in [6, 6.07) is 1.71. The van der Waals surface area contributed by atoms with E-state index in [-0.39, 0.29) is 5.95 Å². The molecule has 1 heterocycles. The first kappa shape index (κ1) is 17.5. The van der Waals surface area contributed by atoms with Gasteiger partial charge in [-0.15, -0.1) is 0 Å². The molecule has 120 valence electrons. The number of aromatic nitrogens is 2. The summed E-state index contributed by atoms with van der Waals surface area (Å²) in [4.78, 5) is 7.93. The van der Waals surface area contributed by atoms with Crippen LogP contribution >= 0.6 is 0 Å². The molecule has 1 atom stereocenters. The van der Waals surface area contributed by atoms with Gasteiger partial charge in [0.25, 0.3) is 0 Å². The monoisotopic (exact) mass is 295 g/mol. The van der Waals surface area contributed by atoms with Crippen LogP contribution in [0, 0.1) is 5.92 Å². The molecule has 6 nitrogen and oxygen atoms in total. The molecule has 0 aliphatic rings. The van der Waals surface area contributed by atoms with Gasteiger partial charge in [-0.3, -0.25) is 0 Å². The van der Waals surface area contributed by atoms with Gasteiger partial charge in [-0.25, -0.2) is 0 Å². The molecule has 0 saturated heterocycles. The molecule has 1 unspecified atom stereocenters. The summed E-state index contributed by atoms with van der Waals surface area (Å²) < 4.78 is 0. The Balaban J connectivity index is 1.97. The van der Waals surface area contributed by atoms with E-state index >= 15 is 0 Å². The van der Waals surface area contributed by atoms with Crippen molar-refractivity contribution in [3.8, 4) is 0 Å². The van der Waals surface area contributed by atoms with Gasteiger partial charge >= 0.3 is 0 Å². The van der Waals surface area contributed by atoms with E-state index in [0.717, 1.165) is 18.9 Å². The van der Waals surface area contributed by atoms with Crippen LogP contribution in [0.2, 0.25) is 0 Å². The van der Waals surface area contributed by atoms with Crippen molar-refractivity contribution in [2.45, 2.75) is 46.0 Å². The fourth-order valence-corrected chi connectivity index (χ4v) is 2.13. The molecule has 0 aromatic carbocycles. The summed E-state index contributed by atoms with van der Waals surface area (Å²) in [5, 5.41) is 5.68. The maximum absolute atomic E-state index is 5.61. The first-order valence-corrected chi connectivity index (χ1v) is 8.07. The highest BCUT2D eigenvalue weighted by atomic mass is 15.1. The summed E-state index contributed by atoms with van der Waals surface area (Å²) in [5.74, 6) is 2.17. The number of quaternary nitrogens is 1. The van der Waals surface area contributed by atoms with Crippen LogP contribution in [0.4, 0.5) is 17.6 Å². The number of rotatable bonds is 11. The van der Waals surface area contributed by atoms with Crippen LogP contribution < -0.4 is 22.1 Å². The first-order valence-electron chi connectivity index (χ1n) is 8.07. The molecular formula is C15H31N6+. The molecule has 0 aliphatic heterocycles. The maximum atomic E-state index is 5.61. The van der Waals surface area contributed by atoms with Crippen molar-refractivity contribution in [3.05, 3.63) is 6.07 Å². The lowest BCUT2D eigenvalue weighted by Crippen LogP contribution is -2.85. The summed E-state index contributed by atoms with van der Waals surface area (Å²) in [5.41, 5.74) is 11.2. The van der Waals surface area contributed by atoms with Crippen LogP contribution in [-0.4, -0.2) is 29.6 Å². The Kier molecular flexibility index (Phi) is 8.50. The molecule has 0 fully saturated rings. The van der Waals surface area contributed by atoms with E-state index in [4.69, 9.17) is 11.5 Å². The second kappa shape index (κ2) is 10.2. The third-order valence-corrected chi connectivity index (χ3v) is 3.67. The van der Waals surface area contributed by atoms with Gasteiger partial charge in [0.2, 0.25) is 5.95 Å². The highest BCUT2D eigenvalue weighted by molar-refractivity contribution is 5.48. The second-order valence-electron chi connectivity index (χ2n) is 5.70. The van der Waals surface area contributed by atoms with E-state index in [2.05, 4.69) is 34.4 Å². The average Bonchev–Trinajstić information content (AvgIpc) is 2.44. The topological polar surface area (TPSA) is 106 Å². The van der Waals surface area contributed by atoms with Gasteiger partial charge < -0.3 is 22.1 Å². The number of anilines is 3. The van der Waals surface area contributed by atoms with Crippen LogP contribution in [0.15, 0.2) is 6.07 Å². The molecule has 21 heavy (non-hydrogen) atoms. The zero-order valence-electron chi connectivity index (χ0n) is 13.4. The Morgan fingerprint density at radius 3 is 2.67 bits per heavy atom. The van der Waals surface area contributed by atoms with Gasteiger partial charge in [0, 0.05) is 18.5 Å². The smallest absolute Gasteiger partial charge is 0.223 e. The summed E-state index contributed by atoms with van der Waals surface area (Å²) >= 11 is 0. The summed E-state index contributed by atoms with van der Waals surface area (Å²) in [7, 11) is 0. The normalized spacial score (nSPS) is 12.3. The maximum Gasteiger partial charge on any atom is 0.223 e. The highest BCUT2D eigenvalue weighted by Gasteiger charge is 2.01. The van der Waals surface area contributed by atoms with Crippen molar-refractivity contribution >= 4 is 17.6 Å². The van der Waals surface area contributed by atoms with Crippen molar-refractivity contribution in [1.82, 2.24) is 9.97 Å². The number of nitrogens with zero attached hydrogens (tertiary/aromatic N) is 2. The molecule has 0 amide bonds. The van der Waals surface area contributed by atoms with E-state index in [1.165, 1.54) is 38.8 Å². The molecule has 0 bridgehead atoms. The summed E-state index contributed by atoms with van der Waals surface area (Å²) in [6.45, 7) is 7.97. The van der Waals surface area contributed by atoms with Crippen LogP contribution in [0.25, 0.3) is 0 Å². The third kappa shape index (κ3) is 8.34. The lowest BCUT2D eigenvalue weighted by atomic mass is 10.1. The minimum atomic E-state index is 0.217. The van der Waals surface area contributed by atoms with E-state index in [1.807, 2.05) is 0 Å². The number of nitrogens with two attached hydrogens (primary N) is 3. The Hall–Kier alpha value is -1.56. The molecule has 7 N–H and O–H groups in total.